The van der Waals surface area contributed by atoms with Gasteiger partial charge in [-0.1, -0.05) is 0 Å². The summed E-state index contributed by atoms with van der Waals surface area (Å²) in [5.74, 6) is 0. The first-order valence-corrected chi connectivity index (χ1v) is 7.02. The summed E-state index contributed by atoms with van der Waals surface area (Å²) in [6.45, 7) is 5.68. The number of hydrogen-bond donors (Lipinski definition) is 2. The highest BCUT2D eigenvalue weighted by Gasteiger charge is 2.44. The van der Waals surface area contributed by atoms with Crippen molar-refractivity contribution in [3.8, 4) is 0 Å². The van der Waals surface area contributed by atoms with Crippen LogP contribution in [-0.2, 0) is 4.74 Å². The fourth-order valence-corrected chi connectivity index (χ4v) is 3.21. The summed E-state index contributed by atoms with van der Waals surface area (Å²) in [5, 5.41) is 3.12. The summed E-state index contributed by atoms with van der Waals surface area (Å²) in [7, 11) is 0. The van der Waals surface area contributed by atoms with E-state index < -0.39 is 5.60 Å². The Hall–Kier alpha value is -0.770. The Morgan fingerprint density at radius 2 is 1.72 bits per heavy atom. The summed E-state index contributed by atoms with van der Waals surface area (Å²) in [4.78, 5) is 11.9. The first-order chi connectivity index (χ1) is 8.22. The summed E-state index contributed by atoms with van der Waals surface area (Å²) in [6.07, 6.45) is 6.95. The molecule has 0 saturated heterocycles. The molecule has 1 amide bonds. The number of nitrogens with two attached hydrogens (primary N) is 1. The van der Waals surface area contributed by atoms with Crippen molar-refractivity contribution in [3.63, 3.8) is 0 Å². The van der Waals surface area contributed by atoms with Crippen LogP contribution in [0.4, 0.5) is 4.79 Å². The van der Waals surface area contributed by atoms with Gasteiger partial charge in [-0.05, 0) is 65.7 Å². The molecule has 4 heteroatoms. The molecule has 0 atom stereocenters. The van der Waals surface area contributed by atoms with Crippen molar-refractivity contribution in [2.24, 2.45) is 5.73 Å². The number of fused-ring (bicyclic) bond motifs is 4. The number of hydrogen-bond acceptors (Lipinski definition) is 3. The van der Waals surface area contributed by atoms with Gasteiger partial charge in [0, 0.05) is 11.1 Å². The number of ether oxygens (including phenoxy) is 1. The van der Waals surface area contributed by atoms with Gasteiger partial charge in [0.15, 0.2) is 0 Å². The number of nitrogens with one attached hydrogen (secondary N) is 1. The Labute approximate surface area is 110 Å². The van der Waals surface area contributed by atoms with Gasteiger partial charge in [0.05, 0.1) is 0 Å². The van der Waals surface area contributed by atoms with E-state index in [2.05, 4.69) is 5.32 Å². The molecule has 0 spiro atoms. The molecular weight excluding hydrogens is 228 g/mol. The SMILES string of the molecule is CC(C)(C)OC(=O)NC12CCCC(N)(CC1)CC2. The molecule has 0 aromatic carbocycles. The van der Waals surface area contributed by atoms with Crippen molar-refractivity contribution in [2.45, 2.75) is 82.4 Å². The molecule has 0 aromatic heterocycles. The molecule has 0 aromatic rings. The minimum absolute atomic E-state index is 0.0234. The molecule has 3 fully saturated rings. The maximum absolute atomic E-state index is 11.9. The van der Waals surface area contributed by atoms with Crippen molar-refractivity contribution in [1.29, 1.82) is 0 Å². The Morgan fingerprint density at radius 3 is 2.28 bits per heavy atom. The van der Waals surface area contributed by atoms with E-state index in [9.17, 15) is 4.79 Å². The lowest BCUT2D eigenvalue weighted by molar-refractivity contribution is 0.0411. The van der Waals surface area contributed by atoms with E-state index in [4.69, 9.17) is 10.5 Å². The molecule has 0 aliphatic heterocycles. The third-order valence-electron chi connectivity index (χ3n) is 4.30. The highest BCUT2D eigenvalue weighted by atomic mass is 16.6. The lowest BCUT2D eigenvalue weighted by Crippen LogP contribution is -2.54. The topological polar surface area (TPSA) is 64.3 Å². The molecule has 3 aliphatic carbocycles. The van der Waals surface area contributed by atoms with Gasteiger partial charge in [-0.3, -0.25) is 0 Å². The third kappa shape index (κ3) is 3.16. The number of carbonyl (C=O) groups excluding carboxylic acids is 1. The fourth-order valence-electron chi connectivity index (χ4n) is 3.21. The van der Waals surface area contributed by atoms with E-state index >= 15 is 0 Å². The summed E-state index contributed by atoms with van der Waals surface area (Å²) in [5.41, 5.74) is 5.87. The smallest absolute Gasteiger partial charge is 0.408 e. The molecule has 3 aliphatic rings. The van der Waals surface area contributed by atoms with E-state index in [0.717, 1.165) is 44.9 Å². The molecule has 3 saturated carbocycles. The first-order valence-electron chi connectivity index (χ1n) is 7.02. The van der Waals surface area contributed by atoms with Crippen LogP contribution in [0.25, 0.3) is 0 Å². The quantitative estimate of drug-likeness (QED) is 0.756. The van der Waals surface area contributed by atoms with Crippen LogP contribution < -0.4 is 11.1 Å². The molecule has 104 valence electrons. The Morgan fingerprint density at radius 1 is 1.11 bits per heavy atom. The van der Waals surface area contributed by atoms with Crippen LogP contribution in [-0.4, -0.2) is 22.8 Å². The van der Waals surface area contributed by atoms with E-state index in [-0.39, 0.29) is 17.2 Å². The lowest BCUT2D eigenvalue weighted by Gasteiger charge is -2.41. The molecule has 3 rings (SSSR count). The zero-order chi connectivity index (χ0) is 13.4. The highest BCUT2D eigenvalue weighted by molar-refractivity contribution is 5.68. The van der Waals surface area contributed by atoms with Crippen molar-refractivity contribution in [3.05, 3.63) is 0 Å². The van der Waals surface area contributed by atoms with Gasteiger partial charge in [0.2, 0.25) is 0 Å². The van der Waals surface area contributed by atoms with Gasteiger partial charge >= 0.3 is 6.09 Å². The molecule has 0 unspecified atom stereocenters. The largest absolute Gasteiger partial charge is 0.444 e. The molecule has 18 heavy (non-hydrogen) atoms. The zero-order valence-electron chi connectivity index (χ0n) is 11.8. The van der Waals surface area contributed by atoms with Crippen molar-refractivity contribution in [2.75, 3.05) is 0 Å². The van der Waals surface area contributed by atoms with Gasteiger partial charge in [-0.25, -0.2) is 4.79 Å². The molecule has 4 nitrogen and oxygen atoms in total. The number of rotatable bonds is 1. The maximum atomic E-state index is 11.9. The van der Waals surface area contributed by atoms with Crippen LogP contribution in [0.1, 0.15) is 65.7 Å². The summed E-state index contributed by atoms with van der Waals surface area (Å²) in [6, 6.07) is 0. The fraction of sp³-hybridized carbons (Fsp3) is 0.929. The van der Waals surface area contributed by atoms with Crippen LogP contribution in [0.5, 0.6) is 0 Å². The minimum atomic E-state index is -0.433. The molecular formula is C14H26N2O2. The second-order valence-electron chi connectivity index (χ2n) is 7.12. The molecule has 0 radical (unpaired) electrons. The van der Waals surface area contributed by atoms with Crippen molar-refractivity contribution in [1.82, 2.24) is 5.32 Å². The predicted molar refractivity (Wildman–Crippen MR) is 71.3 cm³/mol. The van der Waals surface area contributed by atoms with E-state index in [1.54, 1.807) is 0 Å². The second kappa shape index (κ2) is 4.41. The van der Waals surface area contributed by atoms with Crippen LogP contribution in [0.2, 0.25) is 0 Å². The van der Waals surface area contributed by atoms with Gasteiger partial charge in [0.1, 0.15) is 5.60 Å². The third-order valence-corrected chi connectivity index (χ3v) is 4.30. The predicted octanol–water partition coefficient (Wildman–Crippen LogP) is 2.71. The normalized spacial score (nSPS) is 36.0. The molecule has 0 heterocycles. The Balaban J connectivity index is 1.98. The minimum Gasteiger partial charge on any atom is -0.444 e. The Bertz CT molecular complexity index is 325. The number of carbonyl (C=O) groups is 1. The van der Waals surface area contributed by atoms with Crippen LogP contribution >= 0.6 is 0 Å². The zero-order valence-corrected chi connectivity index (χ0v) is 11.8. The van der Waals surface area contributed by atoms with Gasteiger partial charge in [-0.2, -0.15) is 0 Å². The van der Waals surface area contributed by atoms with E-state index in [0.29, 0.717) is 0 Å². The van der Waals surface area contributed by atoms with Gasteiger partial charge in [0.25, 0.3) is 0 Å². The monoisotopic (exact) mass is 254 g/mol. The number of alkyl carbamates (subject to hydrolysis) is 1. The van der Waals surface area contributed by atoms with Gasteiger partial charge in [-0.15, -0.1) is 0 Å². The van der Waals surface area contributed by atoms with Crippen LogP contribution in [0.15, 0.2) is 0 Å². The van der Waals surface area contributed by atoms with Crippen molar-refractivity contribution >= 4 is 6.09 Å². The number of amides is 1. The van der Waals surface area contributed by atoms with Gasteiger partial charge < -0.3 is 15.8 Å². The van der Waals surface area contributed by atoms with Crippen molar-refractivity contribution < 1.29 is 9.53 Å². The average Bonchev–Trinajstić information content (AvgIpc) is 2.44. The van der Waals surface area contributed by atoms with Crippen LogP contribution in [0, 0.1) is 0 Å². The second-order valence-corrected chi connectivity index (χ2v) is 7.12. The standard InChI is InChI=1S/C14H26N2O2/c1-12(2,3)18-11(17)16-14-6-4-5-13(15,7-9-14)8-10-14/h4-10,15H2,1-3H3,(H,16,17). The highest BCUT2D eigenvalue weighted by Crippen LogP contribution is 2.43. The maximum Gasteiger partial charge on any atom is 0.408 e. The van der Waals surface area contributed by atoms with Crippen LogP contribution in [0.3, 0.4) is 0 Å². The molecule has 2 bridgehead atoms. The Kier molecular flexibility index (Phi) is 3.34. The summed E-state index contributed by atoms with van der Waals surface area (Å²) < 4.78 is 5.37. The average molecular weight is 254 g/mol. The molecule has 3 N–H and O–H groups in total. The van der Waals surface area contributed by atoms with E-state index in [1.807, 2.05) is 20.8 Å². The summed E-state index contributed by atoms with van der Waals surface area (Å²) >= 11 is 0. The first kappa shape index (κ1) is 13.7. The lowest BCUT2D eigenvalue weighted by atomic mass is 9.74. The van der Waals surface area contributed by atoms with E-state index in [1.165, 1.54) is 0 Å².